The highest BCUT2D eigenvalue weighted by atomic mass is 16.4. The summed E-state index contributed by atoms with van der Waals surface area (Å²) in [4.78, 5) is 22.6. The van der Waals surface area contributed by atoms with Crippen molar-refractivity contribution in [1.82, 2.24) is 0 Å². The first-order valence-electron chi connectivity index (χ1n) is 8.03. The number of aliphatic carboxylic acids is 1. The lowest BCUT2D eigenvalue weighted by molar-refractivity contribution is -0.137. The van der Waals surface area contributed by atoms with E-state index in [4.69, 9.17) is 5.11 Å². The molecule has 2 rings (SSSR count). The fourth-order valence-corrected chi connectivity index (χ4v) is 4.23. The first kappa shape index (κ1) is 15.3. The van der Waals surface area contributed by atoms with Crippen LogP contribution < -0.4 is 0 Å². The maximum atomic E-state index is 12.1. The molecule has 0 radical (unpaired) electrons. The maximum absolute atomic E-state index is 12.1. The second-order valence-electron chi connectivity index (χ2n) is 6.34. The van der Waals surface area contributed by atoms with Gasteiger partial charge in [0.2, 0.25) is 0 Å². The second-order valence-corrected chi connectivity index (χ2v) is 6.34. The van der Waals surface area contributed by atoms with Gasteiger partial charge in [0.25, 0.3) is 0 Å². The molecule has 0 saturated heterocycles. The van der Waals surface area contributed by atoms with Crippen molar-refractivity contribution in [2.75, 3.05) is 0 Å². The molecule has 1 N–H and O–H groups in total. The quantitative estimate of drug-likeness (QED) is 0.542. The zero-order chi connectivity index (χ0) is 14.5. The summed E-state index contributed by atoms with van der Waals surface area (Å²) in [5.74, 6) is 2.00. The molecule has 2 bridgehead atoms. The van der Waals surface area contributed by atoms with Gasteiger partial charge in [-0.1, -0.05) is 19.1 Å². The molecule has 112 valence electrons. The summed E-state index contributed by atoms with van der Waals surface area (Å²) in [6.45, 7) is 1.98. The van der Waals surface area contributed by atoms with Crippen LogP contribution in [0.4, 0.5) is 0 Å². The molecule has 2 fully saturated rings. The molecular formula is C17H26O3. The normalized spacial score (nSPS) is 32.0. The second kappa shape index (κ2) is 7.05. The minimum atomic E-state index is -0.722. The topological polar surface area (TPSA) is 54.4 Å². The Kier molecular flexibility index (Phi) is 5.38. The Balaban J connectivity index is 1.80. The van der Waals surface area contributed by atoms with Crippen molar-refractivity contribution >= 4 is 11.8 Å². The van der Waals surface area contributed by atoms with E-state index in [9.17, 15) is 9.59 Å². The number of carbonyl (C=O) groups excluding carboxylic acids is 1. The van der Waals surface area contributed by atoms with Gasteiger partial charge in [0.15, 0.2) is 0 Å². The van der Waals surface area contributed by atoms with Crippen LogP contribution >= 0.6 is 0 Å². The molecule has 0 aromatic heterocycles. The lowest BCUT2D eigenvalue weighted by Crippen LogP contribution is -2.28. The van der Waals surface area contributed by atoms with Crippen molar-refractivity contribution < 1.29 is 14.7 Å². The zero-order valence-electron chi connectivity index (χ0n) is 12.4. The van der Waals surface area contributed by atoms with Crippen LogP contribution in [0.15, 0.2) is 12.2 Å². The molecule has 0 amide bonds. The SMILES string of the molecule is CCC(=O)C1C2CCC(C2)C1C/C=C\CCCC(=O)O. The van der Waals surface area contributed by atoms with E-state index >= 15 is 0 Å². The van der Waals surface area contributed by atoms with E-state index < -0.39 is 5.97 Å². The number of hydrogen-bond donors (Lipinski definition) is 1. The van der Waals surface area contributed by atoms with Crippen molar-refractivity contribution in [3.63, 3.8) is 0 Å². The predicted octanol–water partition coefficient (Wildman–Crippen LogP) is 3.83. The number of ketones is 1. The average Bonchev–Trinajstić information content (AvgIpc) is 3.02. The standard InChI is InChI=1S/C17H26O3/c1-2-15(18)17-13-10-9-12(11-13)14(17)7-5-3-4-6-8-16(19)20/h3,5,12-14,17H,2,4,6-11H2,1H3,(H,19,20)/b5-3-. The summed E-state index contributed by atoms with van der Waals surface area (Å²) in [5, 5.41) is 8.58. The minimum absolute atomic E-state index is 0.245. The average molecular weight is 278 g/mol. The number of fused-ring (bicyclic) bond motifs is 2. The fraction of sp³-hybridized carbons (Fsp3) is 0.765. The summed E-state index contributed by atoms with van der Waals surface area (Å²) in [5.41, 5.74) is 0. The van der Waals surface area contributed by atoms with Gasteiger partial charge in [0, 0.05) is 18.8 Å². The van der Waals surface area contributed by atoms with Gasteiger partial charge < -0.3 is 5.11 Å². The van der Waals surface area contributed by atoms with E-state index in [1.165, 1.54) is 19.3 Å². The van der Waals surface area contributed by atoms with Crippen LogP contribution in [0.5, 0.6) is 0 Å². The maximum Gasteiger partial charge on any atom is 0.303 e. The summed E-state index contributed by atoms with van der Waals surface area (Å²) < 4.78 is 0. The Hall–Kier alpha value is -1.12. The van der Waals surface area contributed by atoms with Gasteiger partial charge >= 0.3 is 5.97 Å². The van der Waals surface area contributed by atoms with Crippen molar-refractivity contribution in [3.8, 4) is 0 Å². The van der Waals surface area contributed by atoms with Crippen molar-refractivity contribution in [1.29, 1.82) is 0 Å². The van der Waals surface area contributed by atoms with Crippen molar-refractivity contribution in [2.45, 2.75) is 58.3 Å². The summed E-state index contributed by atoms with van der Waals surface area (Å²) in [6.07, 6.45) is 11.6. The molecule has 2 aliphatic rings. The number of carbonyl (C=O) groups is 2. The van der Waals surface area contributed by atoms with E-state index in [0.717, 1.165) is 18.8 Å². The van der Waals surface area contributed by atoms with Gasteiger partial charge in [-0.15, -0.1) is 0 Å². The van der Waals surface area contributed by atoms with Gasteiger partial charge in [-0.05, 0) is 56.3 Å². The molecule has 0 heterocycles. The van der Waals surface area contributed by atoms with Crippen molar-refractivity contribution in [3.05, 3.63) is 12.2 Å². The van der Waals surface area contributed by atoms with Gasteiger partial charge in [-0.3, -0.25) is 9.59 Å². The third-order valence-electron chi connectivity index (χ3n) is 5.14. The van der Waals surface area contributed by atoms with Crippen LogP contribution in [0, 0.1) is 23.7 Å². The number of carboxylic acid groups (broad SMARTS) is 1. The van der Waals surface area contributed by atoms with Crippen LogP contribution in [-0.4, -0.2) is 16.9 Å². The Morgan fingerprint density at radius 3 is 2.65 bits per heavy atom. The molecule has 20 heavy (non-hydrogen) atoms. The molecule has 0 aromatic rings. The van der Waals surface area contributed by atoms with Crippen LogP contribution in [0.3, 0.4) is 0 Å². The smallest absolute Gasteiger partial charge is 0.303 e. The Bertz CT molecular complexity index is 386. The predicted molar refractivity (Wildman–Crippen MR) is 78.4 cm³/mol. The summed E-state index contributed by atoms with van der Waals surface area (Å²) in [7, 11) is 0. The number of hydrogen-bond acceptors (Lipinski definition) is 2. The van der Waals surface area contributed by atoms with E-state index in [1.54, 1.807) is 0 Å². The molecule has 4 unspecified atom stereocenters. The van der Waals surface area contributed by atoms with Crippen LogP contribution in [0.2, 0.25) is 0 Å². The van der Waals surface area contributed by atoms with Gasteiger partial charge in [-0.25, -0.2) is 0 Å². The summed E-state index contributed by atoms with van der Waals surface area (Å²) >= 11 is 0. The lowest BCUT2D eigenvalue weighted by Gasteiger charge is -2.29. The Labute approximate surface area is 121 Å². The third-order valence-corrected chi connectivity index (χ3v) is 5.14. The molecule has 0 aliphatic heterocycles. The molecule has 2 saturated carbocycles. The van der Waals surface area contributed by atoms with Crippen LogP contribution in [0.25, 0.3) is 0 Å². The minimum Gasteiger partial charge on any atom is -0.481 e. The van der Waals surface area contributed by atoms with E-state index in [0.29, 0.717) is 36.4 Å². The Morgan fingerprint density at radius 1 is 1.20 bits per heavy atom. The van der Waals surface area contributed by atoms with Gasteiger partial charge in [0.05, 0.1) is 0 Å². The monoisotopic (exact) mass is 278 g/mol. The van der Waals surface area contributed by atoms with E-state index in [-0.39, 0.29) is 6.42 Å². The third kappa shape index (κ3) is 3.50. The molecule has 0 aromatic carbocycles. The molecule has 4 atom stereocenters. The van der Waals surface area contributed by atoms with Gasteiger partial charge in [0.1, 0.15) is 5.78 Å². The zero-order valence-corrected chi connectivity index (χ0v) is 12.4. The van der Waals surface area contributed by atoms with E-state index in [1.807, 2.05) is 6.92 Å². The number of rotatable bonds is 8. The van der Waals surface area contributed by atoms with Crippen LogP contribution in [0.1, 0.15) is 58.3 Å². The molecule has 0 spiro atoms. The molecular weight excluding hydrogens is 252 g/mol. The first-order valence-corrected chi connectivity index (χ1v) is 8.03. The molecule has 3 nitrogen and oxygen atoms in total. The Morgan fingerprint density at radius 2 is 1.95 bits per heavy atom. The van der Waals surface area contributed by atoms with Crippen molar-refractivity contribution in [2.24, 2.45) is 23.7 Å². The highest BCUT2D eigenvalue weighted by Crippen LogP contribution is 2.54. The number of carboxylic acids is 1. The first-order chi connectivity index (χ1) is 9.63. The largest absolute Gasteiger partial charge is 0.481 e. The van der Waals surface area contributed by atoms with Gasteiger partial charge in [-0.2, -0.15) is 0 Å². The summed E-state index contributed by atoms with van der Waals surface area (Å²) in [6, 6.07) is 0. The molecule has 3 heteroatoms. The number of allylic oxidation sites excluding steroid dienone is 2. The van der Waals surface area contributed by atoms with E-state index in [2.05, 4.69) is 12.2 Å². The fourth-order valence-electron chi connectivity index (χ4n) is 4.23. The number of unbranched alkanes of at least 4 members (excludes halogenated alkanes) is 1. The van der Waals surface area contributed by atoms with Crippen LogP contribution in [-0.2, 0) is 9.59 Å². The highest BCUT2D eigenvalue weighted by Gasteiger charge is 2.49. The highest BCUT2D eigenvalue weighted by molar-refractivity contribution is 5.81. The lowest BCUT2D eigenvalue weighted by atomic mass is 9.75. The molecule has 2 aliphatic carbocycles. The number of Topliss-reactive ketones (excluding diaryl/α,β-unsaturated/α-hetero) is 1.